The van der Waals surface area contributed by atoms with Gasteiger partial charge in [0.1, 0.15) is 5.82 Å². The van der Waals surface area contributed by atoms with Crippen LogP contribution in [0.25, 0.3) is 10.8 Å². The first-order valence-electron chi connectivity index (χ1n) is 11.0. The van der Waals surface area contributed by atoms with Gasteiger partial charge in [-0.1, -0.05) is 36.4 Å². The van der Waals surface area contributed by atoms with E-state index in [0.717, 1.165) is 47.8 Å². The number of likely N-dealkylation sites (tertiary alicyclic amines) is 1. The van der Waals surface area contributed by atoms with Gasteiger partial charge in [-0.3, -0.25) is 4.79 Å². The maximum Gasteiger partial charge on any atom is 0.223 e. The Morgan fingerprint density at radius 2 is 1.79 bits per heavy atom. The Labute approximate surface area is 201 Å². The minimum atomic E-state index is -0.290. The highest BCUT2D eigenvalue weighted by Gasteiger charge is 2.38. The molecule has 0 spiro atoms. The van der Waals surface area contributed by atoms with Crippen molar-refractivity contribution in [3.63, 3.8) is 0 Å². The number of piperidine rings is 1. The van der Waals surface area contributed by atoms with E-state index in [9.17, 15) is 14.4 Å². The van der Waals surface area contributed by atoms with Crippen LogP contribution in [0.4, 0.5) is 4.39 Å². The minimum absolute atomic E-state index is 0. The van der Waals surface area contributed by atoms with Gasteiger partial charge in [-0.25, -0.2) is 4.39 Å². The van der Waals surface area contributed by atoms with Crippen LogP contribution < -0.4 is 0 Å². The van der Waals surface area contributed by atoms with Crippen LogP contribution in [0, 0.1) is 17.1 Å². The topological polar surface area (TPSA) is 47.3 Å². The third-order valence-corrected chi connectivity index (χ3v) is 6.80. The normalized spacial score (nSPS) is 15.5. The molecule has 0 aromatic heterocycles. The first kappa shape index (κ1) is 24.7. The predicted molar refractivity (Wildman–Crippen MR) is 132 cm³/mol. The van der Waals surface area contributed by atoms with E-state index >= 15 is 0 Å². The van der Waals surface area contributed by atoms with E-state index in [1.807, 2.05) is 55.6 Å². The van der Waals surface area contributed by atoms with E-state index < -0.39 is 0 Å². The minimum Gasteiger partial charge on any atom is -0.341 e. The monoisotopic (exact) mass is 465 g/mol. The standard InChI is InChI=1S/C27H28FN3O.ClH/c1-30-13-11-27(12-14-30,23-7-9-24(28)10-8-23)17-26(32)31(2)19-22-16-20(18-29)15-21-5-3-4-6-25(21)22;/h3-10,15-16H,11-14,17,19H2,1-2H3;1H. The molecule has 0 saturated carbocycles. The fourth-order valence-corrected chi connectivity index (χ4v) is 4.77. The summed E-state index contributed by atoms with van der Waals surface area (Å²) in [6, 6.07) is 20.6. The van der Waals surface area contributed by atoms with Gasteiger partial charge in [-0.2, -0.15) is 5.26 Å². The van der Waals surface area contributed by atoms with Gasteiger partial charge in [0.25, 0.3) is 0 Å². The van der Waals surface area contributed by atoms with Crippen LogP contribution in [0.2, 0.25) is 0 Å². The molecule has 1 fully saturated rings. The Morgan fingerprint density at radius 1 is 1.12 bits per heavy atom. The van der Waals surface area contributed by atoms with Gasteiger partial charge in [0.05, 0.1) is 11.6 Å². The van der Waals surface area contributed by atoms with Crippen LogP contribution in [0.15, 0.2) is 60.7 Å². The molecule has 1 heterocycles. The first-order chi connectivity index (χ1) is 15.4. The predicted octanol–water partition coefficient (Wildman–Crippen LogP) is 5.28. The molecule has 0 bridgehead atoms. The zero-order chi connectivity index (χ0) is 22.7. The number of rotatable bonds is 5. The van der Waals surface area contributed by atoms with Crippen molar-refractivity contribution in [3.05, 3.63) is 83.2 Å². The molecule has 3 aromatic carbocycles. The molecule has 33 heavy (non-hydrogen) atoms. The molecule has 0 radical (unpaired) electrons. The van der Waals surface area contributed by atoms with Gasteiger partial charge < -0.3 is 9.80 Å². The third kappa shape index (κ3) is 5.35. The molecule has 0 unspecified atom stereocenters. The lowest BCUT2D eigenvalue weighted by Crippen LogP contribution is -2.44. The molecule has 1 amide bonds. The summed E-state index contributed by atoms with van der Waals surface area (Å²) in [5, 5.41) is 11.5. The number of benzene rings is 3. The van der Waals surface area contributed by atoms with Gasteiger partial charge in [-0.05, 0) is 79.1 Å². The lowest BCUT2D eigenvalue weighted by molar-refractivity contribution is -0.132. The number of nitrogens with zero attached hydrogens (tertiary/aromatic N) is 3. The van der Waals surface area contributed by atoms with E-state index in [1.54, 1.807) is 4.90 Å². The number of nitriles is 1. The van der Waals surface area contributed by atoms with Gasteiger partial charge in [-0.15, -0.1) is 12.4 Å². The average Bonchev–Trinajstić information content (AvgIpc) is 2.81. The van der Waals surface area contributed by atoms with Crippen molar-refractivity contribution in [1.82, 2.24) is 9.80 Å². The van der Waals surface area contributed by atoms with Crippen molar-refractivity contribution in [2.24, 2.45) is 0 Å². The molecule has 6 heteroatoms. The Bertz CT molecular complexity index is 1160. The molecule has 4 nitrogen and oxygen atoms in total. The molecule has 1 aliphatic heterocycles. The lowest BCUT2D eigenvalue weighted by atomic mass is 9.70. The molecule has 4 rings (SSSR count). The number of halogens is 2. The summed E-state index contributed by atoms with van der Waals surface area (Å²) >= 11 is 0. The summed E-state index contributed by atoms with van der Waals surface area (Å²) in [5.74, 6) is -0.199. The van der Waals surface area contributed by atoms with E-state index in [2.05, 4.69) is 18.0 Å². The molecular weight excluding hydrogens is 437 g/mol. The Balaban J connectivity index is 0.00000306. The highest BCUT2D eigenvalue weighted by atomic mass is 35.5. The summed E-state index contributed by atoms with van der Waals surface area (Å²) < 4.78 is 13.6. The number of carbonyl (C=O) groups excluding carboxylic acids is 1. The molecule has 0 aliphatic carbocycles. The van der Waals surface area contributed by atoms with Crippen molar-refractivity contribution < 1.29 is 9.18 Å². The quantitative estimate of drug-likeness (QED) is 0.514. The van der Waals surface area contributed by atoms with E-state index in [1.165, 1.54) is 12.1 Å². The SMILES string of the molecule is CN1CCC(CC(=O)N(C)Cc2cc(C#N)cc3ccccc23)(c2ccc(F)cc2)CC1.Cl. The number of amides is 1. The zero-order valence-electron chi connectivity index (χ0n) is 19.1. The van der Waals surface area contributed by atoms with Gasteiger partial charge in [0.2, 0.25) is 5.91 Å². The maximum absolute atomic E-state index is 13.6. The fourth-order valence-electron chi connectivity index (χ4n) is 4.77. The smallest absolute Gasteiger partial charge is 0.223 e. The van der Waals surface area contributed by atoms with Gasteiger partial charge >= 0.3 is 0 Å². The first-order valence-corrected chi connectivity index (χ1v) is 11.0. The summed E-state index contributed by atoms with van der Waals surface area (Å²) in [7, 11) is 3.92. The molecule has 0 atom stereocenters. The maximum atomic E-state index is 13.6. The number of hydrogen-bond donors (Lipinski definition) is 0. The van der Waals surface area contributed by atoms with Crippen LogP contribution >= 0.6 is 12.4 Å². The molecule has 0 N–H and O–H groups in total. The van der Waals surface area contributed by atoms with Crippen LogP contribution in [-0.4, -0.2) is 42.9 Å². The van der Waals surface area contributed by atoms with Crippen LogP contribution in [-0.2, 0) is 16.8 Å². The number of hydrogen-bond acceptors (Lipinski definition) is 3. The largest absolute Gasteiger partial charge is 0.341 e. The number of fused-ring (bicyclic) bond motifs is 1. The van der Waals surface area contributed by atoms with Crippen LogP contribution in [0.5, 0.6) is 0 Å². The zero-order valence-corrected chi connectivity index (χ0v) is 19.9. The third-order valence-electron chi connectivity index (χ3n) is 6.80. The molecule has 172 valence electrons. The number of carbonyl (C=O) groups is 1. The lowest BCUT2D eigenvalue weighted by Gasteiger charge is -2.41. The van der Waals surface area contributed by atoms with E-state index in [0.29, 0.717) is 18.5 Å². The molecular formula is C27H29ClFN3O. The molecule has 3 aromatic rings. The van der Waals surface area contributed by atoms with E-state index in [-0.39, 0.29) is 29.5 Å². The van der Waals surface area contributed by atoms with Gasteiger partial charge in [0.15, 0.2) is 0 Å². The van der Waals surface area contributed by atoms with E-state index in [4.69, 9.17) is 0 Å². The Kier molecular flexibility index (Phi) is 7.73. The summed E-state index contributed by atoms with van der Waals surface area (Å²) in [4.78, 5) is 17.4. The Morgan fingerprint density at radius 3 is 2.45 bits per heavy atom. The Hall–Kier alpha value is -2.94. The second-order valence-electron chi connectivity index (χ2n) is 8.99. The van der Waals surface area contributed by atoms with Crippen molar-refractivity contribution in [3.8, 4) is 6.07 Å². The van der Waals surface area contributed by atoms with Crippen LogP contribution in [0.1, 0.15) is 36.0 Å². The highest BCUT2D eigenvalue weighted by Crippen LogP contribution is 2.39. The average molecular weight is 466 g/mol. The summed E-state index contributed by atoms with van der Waals surface area (Å²) in [6.07, 6.45) is 2.11. The second-order valence-corrected chi connectivity index (χ2v) is 8.99. The van der Waals surface area contributed by atoms with Crippen LogP contribution in [0.3, 0.4) is 0 Å². The van der Waals surface area contributed by atoms with Crippen molar-refractivity contribution in [2.45, 2.75) is 31.2 Å². The highest BCUT2D eigenvalue weighted by molar-refractivity contribution is 5.87. The van der Waals surface area contributed by atoms with Gasteiger partial charge in [0, 0.05) is 25.4 Å². The summed E-state index contributed by atoms with van der Waals surface area (Å²) in [5.41, 5.74) is 2.31. The fraction of sp³-hybridized carbons (Fsp3) is 0.333. The second kappa shape index (κ2) is 10.3. The summed E-state index contributed by atoms with van der Waals surface area (Å²) in [6.45, 7) is 2.25. The molecule has 1 saturated heterocycles. The van der Waals surface area contributed by atoms with Crippen molar-refractivity contribution >= 4 is 29.1 Å². The molecule has 1 aliphatic rings. The van der Waals surface area contributed by atoms with Crippen molar-refractivity contribution in [1.29, 1.82) is 5.26 Å². The van der Waals surface area contributed by atoms with Crippen molar-refractivity contribution in [2.75, 3.05) is 27.2 Å².